The average molecular weight is 340 g/mol. The second-order valence-electron chi connectivity index (χ2n) is 7.21. The van der Waals surface area contributed by atoms with Crippen LogP contribution in [-0.2, 0) is 13.8 Å². The summed E-state index contributed by atoms with van der Waals surface area (Å²) in [7, 11) is 1.85. The number of rotatable bonds is 3. The van der Waals surface area contributed by atoms with Gasteiger partial charge in [0.2, 0.25) is 9.05 Å². The van der Waals surface area contributed by atoms with E-state index in [9.17, 15) is 13.2 Å². The number of nitrogens with zero attached hydrogens (tertiary/aromatic N) is 1. The second kappa shape index (κ2) is 6.32. The fraction of sp³-hybridized carbons (Fsp3) is 0.929. The maximum absolute atomic E-state index is 12.2. The first-order valence-corrected chi connectivity index (χ1v) is 9.73. The van der Waals surface area contributed by atoms with Crippen LogP contribution in [0.5, 0.6) is 0 Å². The first kappa shape index (κ1) is 18.6. The molecule has 0 saturated carbocycles. The molecule has 1 rings (SSSR count). The fourth-order valence-corrected chi connectivity index (χ4v) is 4.65. The SMILES string of the molecule is CC(C)C1(CS(=O)(=O)Cl)CCCN(C(=O)OC(C)(C)C)C1. The summed E-state index contributed by atoms with van der Waals surface area (Å²) in [5.41, 5.74) is -1.07. The Hall–Kier alpha value is -0.490. The molecule has 1 saturated heterocycles. The van der Waals surface area contributed by atoms with E-state index in [0.717, 1.165) is 12.8 Å². The van der Waals surface area contributed by atoms with E-state index in [1.807, 2.05) is 34.6 Å². The Morgan fingerprint density at radius 2 is 1.95 bits per heavy atom. The van der Waals surface area contributed by atoms with E-state index in [4.69, 9.17) is 15.4 Å². The van der Waals surface area contributed by atoms with Crippen LogP contribution >= 0.6 is 10.7 Å². The predicted molar refractivity (Wildman–Crippen MR) is 84.0 cm³/mol. The zero-order valence-electron chi connectivity index (χ0n) is 13.5. The quantitative estimate of drug-likeness (QED) is 0.740. The van der Waals surface area contributed by atoms with Crippen molar-refractivity contribution in [3.05, 3.63) is 0 Å². The van der Waals surface area contributed by atoms with Crippen molar-refractivity contribution < 1.29 is 17.9 Å². The van der Waals surface area contributed by atoms with Gasteiger partial charge in [0.25, 0.3) is 0 Å². The summed E-state index contributed by atoms with van der Waals surface area (Å²) in [6.07, 6.45) is 1.11. The van der Waals surface area contributed by atoms with E-state index < -0.39 is 20.1 Å². The van der Waals surface area contributed by atoms with Crippen LogP contribution in [0.25, 0.3) is 0 Å². The molecule has 1 amide bonds. The summed E-state index contributed by atoms with van der Waals surface area (Å²) in [5, 5.41) is 0. The Bertz CT molecular complexity index is 484. The maximum Gasteiger partial charge on any atom is 0.410 e. The largest absolute Gasteiger partial charge is 0.444 e. The lowest BCUT2D eigenvalue weighted by Crippen LogP contribution is -2.52. The molecule has 124 valence electrons. The molecule has 1 heterocycles. The van der Waals surface area contributed by atoms with Crippen molar-refractivity contribution in [1.82, 2.24) is 4.90 Å². The Morgan fingerprint density at radius 3 is 2.38 bits per heavy atom. The van der Waals surface area contributed by atoms with Crippen molar-refractivity contribution in [2.45, 2.75) is 53.1 Å². The summed E-state index contributed by atoms with van der Waals surface area (Å²) >= 11 is 0. The van der Waals surface area contributed by atoms with Gasteiger partial charge in [0, 0.05) is 29.2 Å². The normalized spacial score (nSPS) is 24.2. The number of halogens is 1. The number of carbonyl (C=O) groups excluding carboxylic acids is 1. The van der Waals surface area contributed by atoms with Gasteiger partial charge in [0.05, 0.1) is 5.75 Å². The molecule has 1 aliphatic heterocycles. The van der Waals surface area contributed by atoms with Gasteiger partial charge in [0.15, 0.2) is 0 Å². The van der Waals surface area contributed by atoms with Crippen molar-refractivity contribution in [3.63, 3.8) is 0 Å². The van der Waals surface area contributed by atoms with Crippen LogP contribution in [0.3, 0.4) is 0 Å². The van der Waals surface area contributed by atoms with E-state index in [1.54, 1.807) is 4.90 Å². The van der Waals surface area contributed by atoms with E-state index in [2.05, 4.69) is 0 Å². The number of carbonyl (C=O) groups is 1. The smallest absolute Gasteiger partial charge is 0.410 e. The van der Waals surface area contributed by atoms with Gasteiger partial charge in [-0.25, -0.2) is 13.2 Å². The topological polar surface area (TPSA) is 63.7 Å². The van der Waals surface area contributed by atoms with Gasteiger partial charge in [-0.3, -0.25) is 0 Å². The lowest BCUT2D eigenvalue weighted by Gasteiger charge is -2.45. The van der Waals surface area contributed by atoms with E-state index in [-0.39, 0.29) is 17.8 Å². The minimum absolute atomic E-state index is 0.108. The molecule has 0 bridgehead atoms. The molecule has 7 heteroatoms. The van der Waals surface area contributed by atoms with Crippen molar-refractivity contribution in [2.24, 2.45) is 11.3 Å². The third-order valence-electron chi connectivity index (χ3n) is 3.94. The van der Waals surface area contributed by atoms with Crippen molar-refractivity contribution in [2.75, 3.05) is 18.8 Å². The minimum Gasteiger partial charge on any atom is -0.444 e. The Morgan fingerprint density at radius 1 is 1.38 bits per heavy atom. The number of hydrogen-bond donors (Lipinski definition) is 0. The van der Waals surface area contributed by atoms with Crippen LogP contribution < -0.4 is 0 Å². The van der Waals surface area contributed by atoms with E-state index in [1.165, 1.54) is 0 Å². The van der Waals surface area contributed by atoms with Crippen molar-refractivity contribution in [3.8, 4) is 0 Å². The summed E-state index contributed by atoms with van der Waals surface area (Å²) in [4.78, 5) is 13.8. The highest BCUT2D eigenvalue weighted by Gasteiger charge is 2.43. The monoisotopic (exact) mass is 339 g/mol. The van der Waals surface area contributed by atoms with Crippen LogP contribution in [0, 0.1) is 11.3 Å². The van der Waals surface area contributed by atoms with Crippen LogP contribution in [-0.4, -0.2) is 43.9 Å². The number of ether oxygens (including phenoxy) is 1. The molecule has 1 unspecified atom stereocenters. The molecular weight excluding hydrogens is 314 g/mol. The average Bonchev–Trinajstić information content (AvgIpc) is 2.24. The molecule has 0 radical (unpaired) electrons. The van der Waals surface area contributed by atoms with Crippen LogP contribution in [0.1, 0.15) is 47.5 Å². The number of amides is 1. The zero-order valence-corrected chi connectivity index (χ0v) is 15.1. The lowest BCUT2D eigenvalue weighted by molar-refractivity contribution is -0.000258. The molecular formula is C14H26ClNO4S. The van der Waals surface area contributed by atoms with E-state index >= 15 is 0 Å². The zero-order chi connectivity index (χ0) is 16.5. The molecule has 5 nitrogen and oxygen atoms in total. The first-order chi connectivity index (χ1) is 9.35. The van der Waals surface area contributed by atoms with Crippen LogP contribution in [0.15, 0.2) is 0 Å². The molecule has 21 heavy (non-hydrogen) atoms. The summed E-state index contributed by atoms with van der Waals surface area (Å²) in [6, 6.07) is 0. The third-order valence-corrected chi connectivity index (χ3v) is 5.19. The number of piperidine rings is 1. The van der Waals surface area contributed by atoms with Crippen molar-refractivity contribution >= 4 is 25.8 Å². The Labute approximate surface area is 132 Å². The van der Waals surface area contributed by atoms with Gasteiger partial charge in [-0.15, -0.1) is 0 Å². The summed E-state index contributed by atoms with van der Waals surface area (Å²) < 4.78 is 28.5. The standard InChI is InChI=1S/C14H26ClNO4S/c1-11(2)14(10-21(15,18)19)7-6-8-16(9-14)12(17)20-13(3,4)5/h11H,6-10H2,1-5H3. The molecule has 1 aliphatic rings. The molecule has 1 atom stereocenters. The Kier molecular flexibility index (Phi) is 5.59. The molecule has 0 aromatic rings. The van der Waals surface area contributed by atoms with Crippen molar-refractivity contribution in [1.29, 1.82) is 0 Å². The molecule has 0 aromatic heterocycles. The highest BCUT2D eigenvalue weighted by Crippen LogP contribution is 2.39. The third kappa shape index (κ3) is 5.66. The first-order valence-electron chi connectivity index (χ1n) is 7.25. The maximum atomic E-state index is 12.2. The number of hydrogen-bond acceptors (Lipinski definition) is 4. The van der Waals surface area contributed by atoms with Crippen LogP contribution in [0.2, 0.25) is 0 Å². The lowest BCUT2D eigenvalue weighted by atomic mass is 9.73. The molecule has 0 N–H and O–H groups in total. The van der Waals surface area contributed by atoms with Gasteiger partial charge in [-0.1, -0.05) is 13.8 Å². The molecule has 1 fully saturated rings. The Balaban J connectivity index is 2.92. The highest BCUT2D eigenvalue weighted by atomic mass is 35.7. The molecule has 0 aromatic carbocycles. The van der Waals surface area contributed by atoms with E-state index in [0.29, 0.717) is 13.1 Å². The van der Waals surface area contributed by atoms with Gasteiger partial charge < -0.3 is 9.64 Å². The second-order valence-corrected chi connectivity index (χ2v) is 9.98. The highest BCUT2D eigenvalue weighted by molar-refractivity contribution is 8.13. The summed E-state index contributed by atoms with van der Waals surface area (Å²) in [6.45, 7) is 10.3. The van der Waals surface area contributed by atoms with Crippen LogP contribution in [0.4, 0.5) is 4.79 Å². The van der Waals surface area contributed by atoms with Gasteiger partial charge >= 0.3 is 6.09 Å². The summed E-state index contributed by atoms with van der Waals surface area (Å²) in [5.74, 6) is -0.00493. The van der Waals surface area contributed by atoms with Gasteiger partial charge in [-0.05, 0) is 39.5 Å². The predicted octanol–water partition coefficient (Wildman–Crippen LogP) is 3.23. The molecule has 0 spiro atoms. The number of likely N-dealkylation sites (tertiary alicyclic amines) is 1. The minimum atomic E-state index is -3.62. The van der Waals surface area contributed by atoms with Gasteiger partial charge in [0.1, 0.15) is 5.60 Å². The molecule has 0 aliphatic carbocycles. The van der Waals surface area contributed by atoms with Gasteiger partial charge in [-0.2, -0.15) is 0 Å². The fourth-order valence-electron chi connectivity index (χ4n) is 2.74.